The van der Waals surface area contributed by atoms with Crippen LogP contribution in [-0.2, 0) is 9.53 Å². The van der Waals surface area contributed by atoms with Gasteiger partial charge in [-0.25, -0.2) is 10.2 Å². The highest BCUT2D eigenvalue weighted by Gasteiger charge is 2.08. The largest absolute Gasteiger partial charge is 0.482 e. The fourth-order valence-corrected chi connectivity index (χ4v) is 1.59. The van der Waals surface area contributed by atoms with E-state index in [1.54, 1.807) is 12.1 Å². The molecule has 0 radical (unpaired) electrons. The molecule has 0 bridgehead atoms. The van der Waals surface area contributed by atoms with Crippen molar-refractivity contribution in [3.05, 3.63) is 28.2 Å². The minimum atomic E-state index is -0.732. The third-order valence-electron chi connectivity index (χ3n) is 1.99. The van der Waals surface area contributed by atoms with Gasteiger partial charge in [-0.15, -0.1) is 0 Å². The molecule has 0 aromatic heterocycles. The van der Waals surface area contributed by atoms with Crippen LogP contribution in [0.4, 0.5) is 4.79 Å². The summed E-state index contributed by atoms with van der Waals surface area (Å²) >= 11 is 11.6. The Bertz CT molecular complexity index is 483. The van der Waals surface area contributed by atoms with E-state index >= 15 is 0 Å². The highest BCUT2D eigenvalue weighted by molar-refractivity contribution is 6.35. The van der Waals surface area contributed by atoms with Crippen LogP contribution in [0.1, 0.15) is 13.3 Å². The first-order valence-corrected chi connectivity index (χ1v) is 6.58. The number of carbonyl (C=O) groups is 2. The molecule has 0 heterocycles. The summed E-state index contributed by atoms with van der Waals surface area (Å²) in [5, 5.41) is 0.757. The van der Waals surface area contributed by atoms with E-state index in [9.17, 15) is 9.59 Å². The maximum absolute atomic E-state index is 11.4. The summed E-state index contributed by atoms with van der Waals surface area (Å²) in [5.41, 5.74) is 4.22. The normalized spacial score (nSPS) is 9.75. The smallest absolute Gasteiger partial charge is 0.426 e. The number of hydrazine groups is 1. The van der Waals surface area contributed by atoms with Gasteiger partial charge in [-0.3, -0.25) is 10.2 Å². The van der Waals surface area contributed by atoms with Crippen LogP contribution in [0, 0.1) is 0 Å². The van der Waals surface area contributed by atoms with Gasteiger partial charge in [-0.2, -0.15) is 0 Å². The molecule has 0 atom stereocenters. The molecule has 0 aliphatic heterocycles. The number of ether oxygens (including phenoxy) is 2. The second-order valence-electron chi connectivity index (χ2n) is 3.67. The van der Waals surface area contributed by atoms with Crippen LogP contribution in [0.2, 0.25) is 10.0 Å². The average Bonchev–Trinajstić information content (AvgIpc) is 2.41. The quantitative estimate of drug-likeness (QED) is 0.817. The topological polar surface area (TPSA) is 76.7 Å². The molecule has 0 aliphatic rings. The molecule has 110 valence electrons. The molecular formula is C12H14Cl2N2O4. The van der Waals surface area contributed by atoms with Crippen molar-refractivity contribution in [3.63, 3.8) is 0 Å². The number of amides is 2. The molecule has 6 nitrogen and oxygen atoms in total. The van der Waals surface area contributed by atoms with E-state index in [-0.39, 0.29) is 13.2 Å². The summed E-state index contributed by atoms with van der Waals surface area (Å²) in [6.07, 6.45) is -0.0377. The summed E-state index contributed by atoms with van der Waals surface area (Å²) in [4.78, 5) is 22.4. The molecule has 0 saturated carbocycles. The van der Waals surface area contributed by atoms with E-state index in [1.165, 1.54) is 6.07 Å². The molecule has 1 rings (SSSR count). The predicted octanol–water partition coefficient (Wildman–Crippen LogP) is 2.54. The molecule has 2 N–H and O–H groups in total. The first-order valence-electron chi connectivity index (χ1n) is 5.82. The average molecular weight is 321 g/mol. The van der Waals surface area contributed by atoms with Crippen LogP contribution in [0.5, 0.6) is 5.75 Å². The number of carbonyl (C=O) groups excluding carboxylic acids is 2. The van der Waals surface area contributed by atoms with E-state index in [2.05, 4.69) is 10.9 Å². The maximum atomic E-state index is 11.4. The third kappa shape index (κ3) is 5.99. The summed E-state index contributed by atoms with van der Waals surface area (Å²) in [7, 11) is 0. The Morgan fingerprint density at radius 3 is 2.65 bits per heavy atom. The van der Waals surface area contributed by atoms with E-state index in [1.807, 2.05) is 6.92 Å². The number of benzene rings is 1. The van der Waals surface area contributed by atoms with Crippen LogP contribution in [0.15, 0.2) is 18.2 Å². The zero-order chi connectivity index (χ0) is 15.0. The van der Waals surface area contributed by atoms with Crippen LogP contribution < -0.4 is 15.6 Å². The molecule has 0 aliphatic carbocycles. The van der Waals surface area contributed by atoms with Gasteiger partial charge in [0, 0.05) is 5.02 Å². The number of halogens is 2. The summed E-state index contributed by atoms with van der Waals surface area (Å²) in [6, 6.07) is 4.62. The molecule has 1 aromatic rings. The molecule has 0 spiro atoms. The van der Waals surface area contributed by atoms with Crippen molar-refractivity contribution in [2.24, 2.45) is 0 Å². The highest BCUT2D eigenvalue weighted by atomic mass is 35.5. The lowest BCUT2D eigenvalue weighted by molar-refractivity contribution is -0.123. The second kappa shape index (κ2) is 8.50. The van der Waals surface area contributed by atoms with Gasteiger partial charge in [0.1, 0.15) is 5.75 Å². The number of nitrogens with one attached hydrogen (secondary N) is 2. The van der Waals surface area contributed by atoms with Crippen LogP contribution in [0.25, 0.3) is 0 Å². The molecule has 1 aromatic carbocycles. The molecule has 20 heavy (non-hydrogen) atoms. The Labute approximate surface area is 126 Å². The van der Waals surface area contributed by atoms with Gasteiger partial charge in [0.25, 0.3) is 5.91 Å². The lowest BCUT2D eigenvalue weighted by Gasteiger charge is -2.09. The van der Waals surface area contributed by atoms with Gasteiger partial charge < -0.3 is 9.47 Å². The zero-order valence-electron chi connectivity index (χ0n) is 10.7. The van der Waals surface area contributed by atoms with Gasteiger partial charge in [-0.1, -0.05) is 30.1 Å². The minimum Gasteiger partial charge on any atom is -0.482 e. The second-order valence-corrected chi connectivity index (χ2v) is 4.52. The van der Waals surface area contributed by atoms with Crippen molar-refractivity contribution in [2.75, 3.05) is 13.2 Å². The standard InChI is InChI=1S/C12H14Cl2N2O4/c1-2-5-19-12(18)16-15-11(17)7-20-10-4-3-8(13)6-9(10)14/h3-4,6H,2,5,7H2,1H3,(H,15,17)(H,16,18). The molecular weight excluding hydrogens is 307 g/mol. The molecule has 0 fully saturated rings. The van der Waals surface area contributed by atoms with E-state index in [4.69, 9.17) is 32.7 Å². The first kappa shape index (κ1) is 16.4. The summed E-state index contributed by atoms with van der Waals surface area (Å²) < 4.78 is 9.87. The fraction of sp³-hybridized carbons (Fsp3) is 0.333. The molecule has 8 heteroatoms. The van der Waals surface area contributed by atoms with Gasteiger partial charge >= 0.3 is 6.09 Å². The molecule has 2 amide bonds. The number of rotatable bonds is 5. The van der Waals surface area contributed by atoms with Crippen molar-refractivity contribution in [3.8, 4) is 5.75 Å². The lowest BCUT2D eigenvalue weighted by atomic mass is 10.3. The summed E-state index contributed by atoms with van der Waals surface area (Å²) in [6.45, 7) is 1.82. The Kier molecular flexibility index (Phi) is 6.97. The monoisotopic (exact) mass is 320 g/mol. The van der Waals surface area contributed by atoms with Crippen molar-refractivity contribution in [1.82, 2.24) is 10.9 Å². The fourth-order valence-electron chi connectivity index (χ4n) is 1.12. The van der Waals surface area contributed by atoms with Gasteiger partial charge in [0.15, 0.2) is 6.61 Å². The minimum absolute atomic E-state index is 0.276. The predicted molar refractivity (Wildman–Crippen MR) is 74.9 cm³/mol. The molecule has 0 unspecified atom stereocenters. The Morgan fingerprint density at radius 2 is 2.00 bits per heavy atom. The summed E-state index contributed by atoms with van der Waals surface area (Å²) in [5.74, 6) is -0.232. The van der Waals surface area contributed by atoms with Crippen LogP contribution in [-0.4, -0.2) is 25.2 Å². The highest BCUT2D eigenvalue weighted by Crippen LogP contribution is 2.27. The Morgan fingerprint density at radius 1 is 1.25 bits per heavy atom. The van der Waals surface area contributed by atoms with Crippen LogP contribution in [0.3, 0.4) is 0 Å². The first-order chi connectivity index (χ1) is 9.52. The van der Waals surface area contributed by atoms with Gasteiger partial charge in [0.05, 0.1) is 11.6 Å². The number of hydrogen-bond donors (Lipinski definition) is 2. The van der Waals surface area contributed by atoms with Crippen molar-refractivity contribution < 1.29 is 19.1 Å². The lowest BCUT2D eigenvalue weighted by Crippen LogP contribution is -2.44. The van der Waals surface area contributed by atoms with E-state index in [0.29, 0.717) is 22.2 Å². The zero-order valence-corrected chi connectivity index (χ0v) is 12.3. The maximum Gasteiger partial charge on any atom is 0.426 e. The Balaban J connectivity index is 2.31. The van der Waals surface area contributed by atoms with E-state index < -0.39 is 12.0 Å². The van der Waals surface area contributed by atoms with E-state index in [0.717, 1.165) is 0 Å². The Hall–Kier alpha value is -1.66. The van der Waals surface area contributed by atoms with Crippen LogP contribution >= 0.6 is 23.2 Å². The van der Waals surface area contributed by atoms with Crippen molar-refractivity contribution in [2.45, 2.75) is 13.3 Å². The third-order valence-corrected chi connectivity index (χ3v) is 2.52. The molecule has 0 saturated heterocycles. The van der Waals surface area contributed by atoms with Gasteiger partial charge in [-0.05, 0) is 24.6 Å². The van der Waals surface area contributed by atoms with Gasteiger partial charge in [0.2, 0.25) is 0 Å². The SMILES string of the molecule is CCCOC(=O)NNC(=O)COc1ccc(Cl)cc1Cl. The number of hydrogen-bond acceptors (Lipinski definition) is 4. The van der Waals surface area contributed by atoms with Crippen molar-refractivity contribution in [1.29, 1.82) is 0 Å². The van der Waals surface area contributed by atoms with Crippen molar-refractivity contribution >= 4 is 35.2 Å².